The maximum atomic E-state index is 13.2. The first-order valence-electron chi connectivity index (χ1n) is 9.40. The highest BCUT2D eigenvalue weighted by Crippen LogP contribution is 2.22. The molecule has 1 aliphatic heterocycles. The van der Waals surface area contributed by atoms with Gasteiger partial charge in [-0.1, -0.05) is 24.6 Å². The molecule has 0 bridgehead atoms. The van der Waals surface area contributed by atoms with Crippen molar-refractivity contribution in [2.75, 3.05) is 30.3 Å². The van der Waals surface area contributed by atoms with Crippen molar-refractivity contribution in [2.45, 2.75) is 32.2 Å². The van der Waals surface area contributed by atoms with Crippen molar-refractivity contribution in [3.63, 3.8) is 0 Å². The molecule has 1 amide bonds. The molecule has 0 unspecified atom stereocenters. The molecule has 1 fully saturated rings. The van der Waals surface area contributed by atoms with E-state index in [1.54, 1.807) is 0 Å². The Labute approximate surface area is 164 Å². The Kier molecular flexibility index (Phi) is 6.69. The lowest BCUT2D eigenvalue weighted by molar-refractivity contribution is 0.102. The van der Waals surface area contributed by atoms with E-state index in [1.165, 1.54) is 25.1 Å². The van der Waals surface area contributed by atoms with Crippen LogP contribution in [-0.4, -0.2) is 36.5 Å². The van der Waals surface area contributed by atoms with E-state index >= 15 is 0 Å². The molecule has 2 aromatic carbocycles. The summed E-state index contributed by atoms with van der Waals surface area (Å²) in [6.07, 6.45) is 3.42. The summed E-state index contributed by atoms with van der Waals surface area (Å²) in [6, 6.07) is 11.8. The molecule has 1 saturated heterocycles. The molecule has 1 heterocycles. The number of halogens is 2. The van der Waals surface area contributed by atoms with Gasteiger partial charge < -0.3 is 15.5 Å². The molecule has 144 valence electrons. The molecular weight excluding hydrogens is 365 g/mol. The fraction of sp³-hybridized carbons (Fsp3) is 0.381. The Morgan fingerprint density at radius 1 is 1.19 bits per heavy atom. The minimum Gasteiger partial charge on any atom is -0.382 e. The fourth-order valence-electron chi connectivity index (χ4n) is 3.41. The van der Waals surface area contributed by atoms with Gasteiger partial charge in [-0.05, 0) is 62.2 Å². The number of hydrogen-bond acceptors (Lipinski definition) is 3. The van der Waals surface area contributed by atoms with Gasteiger partial charge in [-0.2, -0.15) is 0 Å². The number of nitrogens with one attached hydrogen (secondary N) is 2. The van der Waals surface area contributed by atoms with Crippen LogP contribution >= 0.6 is 11.6 Å². The van der Waals surface area contributed by atoms with Crippen LogP contribution in [0.5, 0.6) is 0 Å². The predicted octanol–water partition coefficient (Wildman–Crippen LogP) is 5.02. The highest BCUT2D eigenvalue weighted by atomic mass is 35.5. The van der Waals surface area contributed by atoms with E-state index in [4.69, 9.17) is 11.6 Å². The second-order valence-electron chi connectivity index (χ2n) is 6.92. The zero-order chi connectivity index (χ0) is 19.2. The van der Waals surface area contributed by atoms with Gasteiger partial charge in [-0.25, -0.2) is 4.39 Å². The Balaban J connectivity index is 1.60. The van der Waals surface area contributed by atoms with E-state index in [-0.39, 0.29) is 16.5 Å². The highest BCUT2D eigenvalue weighted by Gasteiger charge is 2.18. The zero-order valence-electron chi connectivity index (χ0n) is 15.5. The zero-order valence-corrected chi connectivity index (χ0v) is 16.2. The second-order valence-corrected chi connectivity index (χ2v) is 7.33. The van der Waals surface area contributed by atoms with Gasteiger partial charge in [-0.15, -0.1) is 0 Å². The van der Waals surface area contributed by atoms with Crippen molar-refractivity contribution >= 4 is 28.9 Å². The number of benzene rings is 2. The Hall–Kier alpha value is -2.11. The number of rotatable bonds is 6. The summed E-state index contributed by atoms with van der Waals surface area (Å²) >= 11 is 5.97. The van der Waals surface area contributed by atoms with Gasteiger partial charge in [0.15, 0.2) is 0 Å². The summed E-state index contributed by atoms with van der Waals surface area (Å²) in [6.45, 7) is 5.61. The van der Waals surface area contributed by atoms with E-state index in [1.807, 2.05) is 24.3 Å². The van der Waals surface area contributed by atoms with Crippen LogP contribution in [0.15, 0.2) is 42.5 Å². The van der Waals surface area contributed by atoms with Crippen LogP contribution in [0.4, 0.5) is 15.8 Å². The molecular formula is C21H25ClFN3O. The lowest BCUT2D eigenvalue weighted by atomic mass is 10.0. The van der Waals surface area contributed by atoms with Crippen LogP contribution in [-0.2, 0) is 0 Å². The van der Waals surface area contributed by atoms with Crippen molar-refractivity contribution in [1.29, 1.82) is 0 Å². The molecule has 2 aromatic rings. The molecule has 0 aromatic heterocycles. The third-order valence-corrected chi connectivity index (χ3v) is 5.11. The number of likely N-dealkylation sites (tertiary alicyclic amines) is 1. The lowest BCUT2D eigenvalue weighted by Gasteiger charge is -2.32. The highest BCUT2D eigenvalue weighted by molar-refractivity contribution is 6.34. The molecule has 2 N–H and O–H groups in total. The van der Waals surface area contributed by atoms with Crippen LogP contribution in [0.25, 0.3) is 0 Å². The molecule has 0 saturated carbocycles. The SMILES string of the molecule is CCCN1CCC(Nc2cccc(NC(=O)c3ccc(F)cc3Cl)c2)CC1. The molecule has 27 heavy (non-hydrogen) atoms. The minimum absolute atomic E-state index is 0.0978. The smallest absolute Gasteiger partial charge is 0.257 e. The summed E-state index contributed by atoms with van der Waals surface area (Å²) in [4.78, 5) is 14.9. The maximum absolute atomic E-state index is 13.2. The molecule has 0 spiro atoms. The van der Waals surface area contributed by atoms with Crippen molar-refractivity contribution in [1.82, 2.24) is 4.90 Å². The standard InChI is InChI=1S/C21H25ClFN3O/c1-2-10-26-11-8-16(9-12-26)24-17-4-3-5-18(14-17)25-21(27)19-7-6-15(23)13-20(19)22/h3-7,13-14,16,24H,2,8-12H2,1H3,(H,25,27). The fourth-order valence-corrected chi connectivity index (χ4v) is 3.66. The van der Waals surface area contributed by atoms with Crippen LogP contribution in [0, 0.1) is 5.82 Å². The first-order valence-corrected chi connectivity index (χ1v) is 9.78. The average Bonchev–Trinajstić information content (AvgIpc) is 2.64. The van der Waals surface area contributed by atoms with E-state index in [9.17, 15) is 9.18 Å². The Morgan fingerprint density at radius 3 is 2.63 bits per heavy atom. The summed E-state index contributed by atoms with van der Waals surface area (Å²) in [5.74, 6) is -0.822. The number of anilines is 2. The summed E-state index contributed by atoms with van der Waals surface area (Å²) in [5.41, 5.74) is 1.90. The summed E-state index contributed by atoms with van der Waals surface area (Å²) in [7, 11) is 0. The number of piperidine rings is 1. The number of nitrogens with zero attached hydrogens (tertiary/aromatic N) is 1. The Bertz CT molecular complexity index is 791. The van der Waals surface area contributed by atoms with Crippen molar-refractivity contribution < 1.29 is 9.18 Å². The van der Waals surface area contributed by atoms with Gasteiger partial charge in [0.05, 0.1) is 10.6 Å². The molecule has 6 heteroatoms. The quantitative estimate of drug-likeness (QED) is 0.729. The average molecular weight is 390 g/mol. The largest absolute Gasteiger partial charge is 0.382 e. The van der Waals surface area contributed by atoms with E-state index in [0.717, 1.165) is 37.7 Å². The first kappa shape index (κ1) is 19.6. The number of amides is 1. The van der Waals surface area contributed by atoms with Gasteiger partial charge in [0, 0.05) is 30.5 Å². The monoisotopic (exact) mass is 389 g/mol. The van der Waals surface area contributed by atoms with Crippen molar-refractivity contribution in [2.24, 2.45) is 0 Å². The van der Waals surface area contributed by atoms with Crippen LogP contribution in [0.3, 0.4) is 0 Å². The summed E-state index contributed by atoms with van der Waals surface area (Å²) in [5, 5.41) is 6.49. The van der Waals surface area contributed by atoms with Gasteiger partial charge >= 0.3 is 0 Å². The van der Waals surface area contributed by atoms with Gasteiger partial charge in [0.2, 0.25) is 0 Å². The van der Waals surface area contributed by atoms with Crippen molar-refractivity contribution in [3.8, 4) is 0 Å². The van der Waals surface area contributed by atoms with Crippen molar-refractivity contribution in [3.05, 3.63) is 58.9 Å². The lowest BCUT2D eigenvalue weighted by Crippen LogP contribution is -2.39. The van der Waals surface area contributed by atoms with Gasteiger partial charge in [-0.3, -0.25) is 4.79 Å². The number of carbonyl (C=O) groups excluding carboxylic acids is 1. The topological polar surface area (TPSA) is 44.4 Å². The molecule has 4 nitrogen and oxygen atoms in total. The molecule has 0 radical (unpaired) electrons. The van der Waals surface area contributed by atoms with E-state index < -0.39 is 5.82 Å². The normalized spacial score (nSPS) is 15.5. The summed E-state index contributed by atoms with van der Waals surface area (Å²) < 4.78 is 13.2. The first-order chi connectivity index (χ1) is 13.0. The molecule has 0 atom stereocenters. The molecule has 0 aliphatic carbocycles. The van der Waals surface area contributed by atoms with E-state index in [2.05, 4.69) is 22.5 Å². The molecule has 3 rings (SSSR count). The van der Waals surface area contributed by atoms with Crippen LogP contribution in [0.1, 0.15) is 36.5 Å². The van der Waals surface area contributed by atoms with Crippen LogP contribution < -0.4 is 10.6 Å². The third kappa shape index (κ3) is 5.44. The number of hydrogen-bond donors (Lipinski definition) is 2. The van der Waals surface area contributed by atoms with Crippen LogP contribution in [0.2, 0.25) is 5.02 Å². The molecule has 1 aliphatic rings. The number of carbonyl (C=O) groups is 1. The Morgan fingerprint density at radius 2 is 1.93 bits per heavy atom. The van der Waals surface area contributed by atoms with E-state index in [0.29, 0.717) is 11.7 Å². The van der Waals surface area contributed by atoms with Gasteiger partial charge in [0.1, 0.15) is 5.82 Å². The third-order valence-electron chi connectivity index (χ3n) is 4.79. The second kappa shape index (κ2) is 9.20. The maximum Gasteiger partial charge on any atom is 0.257 e. The predicted molar refractivity (Wildman–Crippen MR) is 109 cm³/mol. The minimum atomic E-state index is -0.465. The van der Waals surface area contributed by atoms with Gasteiger partial charge in [0.25, 0.3) is 5.91 Å².